The zero-order valence-corrected chi connectivity index (χ0v) is 22.1. The summed E-state index contributed by atoms with van der Waals surface area (Å²) in [5.41, 5.74) is 5.45. The van der Waals surface area contributed by atoms with Crippen molar-refractivity contribution in [3.8, 4) is 22.6 Å². The van der Waals surface area contributed by atoms with Crippen LogP contribution in [-0.4, -0.2) is 24.2 Å². The Morgan fingerprint density at radius 3 is 2.30 bits per heavy atom. The minimum Gasteiger partial charge on any atom is -0.481 e. The zero-order valence-electron chi connectivity index (χ0n) is 19.7. The number of hydrogen-bond donors (Lipinski definition) is 1. The minimum atomic E-state index is -0.788. The van der Waals surface area contributed by atoms with Gasteiger partial charge < -0.3 is 9.47 Å². The molecule has 0 saturated carbocycles. The molecule has 0 unspecified atom stereocenters. The first kappa shape index (κ1) is 26.1. The lowest BCUT2D eigenvalue weighted by atomic mass is 10.1. The zero-order chi connectivity index (χ0) is 26.2. The molecule has 0 aliphatic rings. The Bertz CT molecular complexity index is 1410. The molecule has 0 aromatic heterocycles. The highest BCUT2D eigenvalue weighted by molar-refractivity contribution is 9.10. The van der Waals surface area contributed by atoms with E-state index in [1.807, 2.05) is 54.6 Å². The van der Waals surface area contributed by atoms with E-state index < -0.39 is 18.0 Å². The van der Waals surface area contributed by atoms with Gasteiger partial charge in [0.25, 0.3) is 5.91 Å². The number of hydrogen-bond acceptors (Lipinski definition) is 5. The Morgan fingerprint density at radius 2 is 1.59 bits per heavy atom. The van der Waals surface area contributed by atoms with Crippen LogP contribution in [0, 0.1) is 0 Å². The van der Waals surface area contributed by atoms with E-state index in [2.05, 4.69) is 26.5 Å². The molecule has 37 heavy (non-hydrogen) atoms. The van der Waals surface area contributed by atoms with Gasteiger partial charge in [-0.05, 0) is 72.6 Å². The van der Waals surface area contributed by atoms with Crippen LogP contribution in [0.15, 0.2) is 107 Å². The molecule has 0 spiro atoms. The lowest BCUT2D eigenvalue weighted by Crippen LogP contribution is -2.33. The van der Waals surface area contributed by atoms with Crippen molar-refractivity contribution in [3.63, 3.8) is 0 Å². The summed E-state index contributed by atoms with van der Waals surface area (Å²) in [5.74, 6) is -0.130. The van der Waals surface area contributed by atoms with E-state index in [4.69, 9.17) is 21.1 Å². The highest BCUT2D eigenvalue weighted by Crippen LogP contribution is 2.24. The molecule has 1 N–H and O–H groups in total. The molecule has 6 nitrogen and oxygen atoms in total. The number of hydrazone groups is 1. The first-order valence-electron chi connectivity index (χ1n) is 11.3. The fourth-order valence-electron chi connectivity index (χ4n) is 3.33. The molecule has 0 aliphatic heterocycles. The number of nitrogens with zero attached hydrogens (tertiary/aromatic N) is 1. The molecule has 0 saturated heterocycles. The Kier molecular flexibility index (Phi) is 8.72. The summed E-state index contributed by atoms with van der Waals surface area (Å²) in [6, 6.07) is 28.9. The van der Waals surface area contributed by atoms with Gasteiger partial charge in [-0.25, -0.2) is 10.2 Å². The largest absolute Gasteiger partial charge is 0.481 e. The monoisotopic (exact) mass is 576 g/mol. The number of benzene rings is 4. The second-order valence-corrected chi connectivity index (χ2v) is 9.32. The molecule has 4 aromatic carbocycles. The van der Waals surface area contributed by atoms with Crippen molar-refractivity contribution < 1.29 is 19.1 Å². The molecule has 1 atom stereocenters. The van der Waals surface area contributed by atoms with Crippen molar-refractivity contribution in [2.75, 3.05) is 0 Å². The van der Waals surface area contributed by atoms with Crippen molar-refractivity contribution in [1.82, 2.24) is 5.43 Å². The Labute approximate surface area is 228 Å². The summed E-state index contributed by atoms with van der Waals surface area (Å²) in [7, 11) is 0. The minimum absolute atomic E-state index is 0.281. The number of halogens is 2. The van der Waals surface area contributed by atoms with Gasteiger partial charge in [-0.15, -0.1) is 0 Å². The van der Waals surface area contributed by atoms with Crippen molar-refractivity contribution in [1.29, 1.82) is 0 Å². The fraction of sp³-hybridized carbons (Fsp3) is 0.0690. The molecule has 0 radical (unpaired) electrons. The standard InChI is InChI=1S/C29H22BrClN2O4/c1-19(36-26-14-9-21(10-15-26)20-5-3-2-4-6-20)28(34)33-32-18-23-17-24(30)11-16-27(23)37-29(35)22-7-12-25(31)13-8-22/h2-19H,1H3,(H,33,34)/b32-18-/t19-/m1/s1. The number of esters is 1. The summed E-state index contributed by atoms with van der Waals surface area (Å²) in [6.45, 7) is 1.63. The van der Waals surface area contributed by atoms with Crippen molar-refractivity contribution >= 4 is 45.6 Å². The third-order valence-electron chi connectivity index (χ3n) is 5.28. The molecule has 8 heteroatoms. The molecule has 0 heterocycles. The number of carbonyl (C=O) groups is 2. The van der Waals surface area contributed by atoms with Gasteiger partial charge >= 0.3 is 5.97 Å². The van der Waals surface area contributed by atoms with E-state index in [0.29, 0.717) is 21.9 Å². The predicted octanol–water partition coefficient (Wildman–Crippen LogP) is 6.91. The molecule has 0 fully saturated rings. The third kappa shape index (κ3) is 7.29. The first-order chi connectivity index (χ1) is 17.9. The first-order valence-corrected chi connectivity index (χ1v) is 12.5. The van der Waals surface area contributed by atoms with Crippen molar-refractivity contribution in [3.05, 3.63) is 118 Å². The molecular formula is C29H22BrClN2O4. The van der Waals surface area contributed by atoms with Crippen LogP contribution in [0.4, 0.5) is 0 Å². The van der Waals surface area contributed by atoms with Crippen LogP contribution in [-0.2, 0) is 4.79 Å². The van der Waals surface area contributed by atoms with Crippen LogP contribution in [0.25, 0.3) is 11.1 Å². The third-order valence-corrected chi connectivity index (χ3v) is 6.02. The van der Waals surface area contributed by atoms with E-state index in [0.717, 1.165) is 15.6 Å². The smallest absolute Gasteiger partial charge is 0.343 e. The van der Waals surface area contributed by atoms with Crippen LogP contribution in [0.1, 0.15) is 22.8 Å². The van der Waals surface area contributed by atoms with Gasteiger partial charge in [-0.1, -0.05) is 70.0 Å². The molecule has 4 aromatic rings. The Morgan fingerprint density at radius 1 is 0.919 bits per heavy atom. The number of nitrogens with one attached hydrogen (secondary N) is 1. The van der Waals surface area contributed by atoms with E-state index in [-0.39, 0.29) is 5.75 Å². The van der Waals surface area contributed by atoms with E-state index in [1.165, 1.54) is 6.21 Å². The average Bonchev–Trinajstić information content (AvgIpc) is 2.91. The number of ether oxygens (including phenoxy) is 2. The van der Waals surface area contributed by atoms with Gasteiger partial charge in [0.1, 0.15) is 11.5 Å². The number of rotatable bonds is 8. The van der Waals surface area contributed by atoms with Gasteiger partial charge in [0.15, 0.2) is 6.10 Å². The maximum Gasteiger partial charge on any atom is 0.343 e. The van der Waals surface area contributed by atoms with Gasteiger partial charge in [0.05, 0.1) is 11.8 Å². The fourth-order valence-corrected chi connectivity index (χ4v) is 3.83. The van der Waals surface area contributed by atoms with Crippen LogP contribution in [0.5, 0.6) is 11.5 Å². The van der Waals surface area contributed by atoms with Crippen molar-refractivity contribution in [2.45, 2.75) is 13.0 Å². The Balaban J connectivity index is 1.36. The summed E-state index contributed by atoms with van der Waals surface area (Å²) in [4.78, 5) is 25.0. The van der Waals surface area contributed by atoms with Gasteiger partial charge in [0.2, 0.25) is 0 Å². The summed E-state index contributed by atoms with van der Waals surface area (Å²) in [5, 5.41) is 4.54. The molecule has 0 aliphatic carbocycles. The lowest BCUT2D eigenvalue weighted by molar-refractivity contribution is -0.127. The maximum atomic E-state index is 12.5. The van der Waals surface area contributed by atoms with Crippen LogP contribution < -0.4 is 14.9 Å². The van der Waals surface area contributed by atoms with E-state index in [1.54, 1.807) is 49.4 Å². The summed E-state index contributed by atoms with van der Waals surface area (Å²) in [6.07, 6.45) is 0.610. The maximum absolute atomic E-state index is 12.5. The van der Waals surface area contributed by atoms with Gasteiger partial charge in [-0.2, -0.15) is 5.10 Å². The molecule has 4 rings (SSSR count). The number of carbonyl (C=O) groups excluding carboxylic acids is 2. The normalized spacial score (nSPS) is 11.6. The summed E-state index contributed by atoms with van der Waals surface area (Å²) < 4.78 is 12.0. The second-order valence-electron chi connectivity index (χ2n) is 7.96. The van der Waals surface area contributed by atoms with Gasteiger partial charge in [0, 0.05) is 15.1 Å². The molecule has 0 bridgehead atoms. The molecular weight excluding hydrogens is 556 g/mol. The second kappa shape index (κ2) is 12.3. The van der Waals surface area contributed by atoms with E-state index in [9.17, 15) is 9.59 Å². The highest BCUT2D eigenvalue weighted by Gasteiger charge is 2.15. The van der Waals surface area contributed by atoms with Crippen molar-refractivity contribution in [2.24, 2.45) is 5.10 Å². The average molecular weight is 578 g/mol. The molecule has 1 amide bonds. The quantitative estimate of drug-likeness (QED) is 0.107. The van der Waals surface area contributed by atoms with Crippen LogP contribution in [0.2, 0.25) is 5.02 Å². The topological polar surface area (TPSA) is 77.0 Å². The summed E-state index contributed by atoms with van der Waals surface area (Å²) >= 11 is 9.27. The van der Waals surface area contributed by atoms with Crippen LogP contribution in [0.3, 0.4) is 0 Å². The predicted molar refractivity (Wildman–Crippen MR) is 148 cm³/mol. The number of amides is 1. The van der Waals surface area contributed by atoms with E-state index >= 15 is 0 Å². The van der Waals surface area contributed by atoms with Gasteiger partial charge in [-0.3, -0.25) is 4.79 Å². The van der Waals surface area contributed by atoms with Crippen LogP contribution >= 0.6 is 27.5 Å². The SMILES string of the molecule is C[C@@H](Oc1ccc(-c2ccccc2)cc1)C(=O)N/N=C\c1cc(Br)ccc1OC(=O)c1ccc(Cl)cc1. The molecule has 186 valence electrons. The highest BCUT2D eigenvalue weighted by atomic mass is 79.9. The Hall–Kier alpha value is -3.94. The lowest BCUT2D eigenvalue weighted by Gasteiger charge is -2.13.